The van der Waals surface area contributed by atoms with Crippen molar-refractivity contribution in [1.82, 2.24) is 0 Å². The number of halogens is 2. The van der Waals surface area contributed by atoms with Gasteiger partial charge >= 0.3 is 0 Å². The smallest absolute Gasteiger partial charge is 0.149 e. The predicted molar refractivity (Wildman–Crippen MR) is 54.3 cm³/mol. The molecule has 2 N–H and O–H groups in total. The van der Waals surface area contributed by atoms with Crippen LogP contribution in [0, 0.1) is 11.6 Å². The second kappa shape index (κ2) is 4.26. The summed E-state index contributed by atoms with van der Waals surface area (Å²) in [4.78, 5) is 1.78. The quantitative estimate of drug-likeness (QED) is 0.759. The largest absolute Gasteiger partial charge is 0.396 e. The van der Waals surface area contributed by atoms with Crippen molar-refractivity contribution in [3.8, 4) is 0 Å². The Morgan fingerprint density at radius 3 is 2.21 bits per heavy atom. The minimum atomic E-state index is -0.710. The Kier molecular flexibility index (Phi) is 3.28. The third kappa shape index (κ3) is 1.95. The summed E-state index contributed by atoms with van der Waals surface area (Å²) < 4.78 is 26.2. The molecule has 0 amide bonds. The molecule has 0 saturated carbocycles. The van der Waals surface area contributed by atoms with Gasteiger partial charge in [-0.3, -0.25) is 0 Å². The van der Waals surface area contributed by atoms with E-state index in [0.717, 1.165) is 6.07 Å². The van der Waals surface area contributed by atoms with Gasteiger partial charge in [0.15, 0.2) is 0 Å². The van der Waals surface area contributed by atoms with Gasteiger partial charge in [0, 0.05) is 19.2 Å². The van der Waals surface area contributed by atoms with Gasteiger partial charge in [-0.25, -0.2) is 8.78 Å². The number of nitrogens with zero attached hydrogens (tertiary/aromatic N) is 1. The standard InChI is InChI=1S/C10H14F2N2/c1-3-14(4-2)10-6-9(13)7(11)5-8(10)12/h5-6H,3-4,13H2,1-2H3. The molecule has 0 unspecified atom stereocenters. The lowest BCUT2D eigenvalue weighted by Crippen LogP contribution is -2.23. The maximum Gasteiger partial charge on any atom is 0.149 e. The number of benzene rings is 1. The van der Waals surface area contributed by atoms with Crippen LogP contribution in [0.15, 0.2) is 12.1 Å². The van der Waals surface area contributed by atoms with Crippen LogP contribution in [-0.2, 0) is 0 Å². The van der Waals surface area contributed by atoms with E-state index >= 15 is 0 Å². The number of nitrogen functional groups attached to an aromatic ring is 1. The van der Waals surface area contributed by atoms with E-state index < -0.39 is 11.6 Å². The highest BCUT2D eigenvalue weighted by molar-refractivity contribution is 5.57. The third-order valence-corrected chi connectivity index (χ3v) is 2.17. The van der Waals surface area contributed by atoms with E-state index in [9.17, 15) is 8.78 Å². The van der Waals surface area contributed by atoms with Gasteiger partial charge in [0.1, 0.15) is 11.6 Å². The van der Waals surface area contributed by atoms with Crippen LogP contribution in [-0.4, -0.2) is 13.1 Å². The van der Waals surface area contributed by atoms with Gasteiger partial charge in [-0.15, -0.1) is 0 Å². The molecule has 0 spiro atoms. The van der Waals surface area contributed by atoms with Crippen LogP contribution in [0.25, 0.3) is 0 Å². The molecule has 0 bridgehead atoms. The van der Waals surface area contributed by atoms with Crippen molar-refractivity contribution in [3.63, 3.8) is 0 Å². The molecule has 1 aromatic carbocycles. The molecular formula is C10H14F2N2. The molecule has 2 nitrogen and oxygen atoms in total. The molecule has 0 atom stereocenters. The van der Waals surface area contributed by atoms with Crippen LogP contribution >= 0.6 is 0 Å². The molecule has 0 saturated heterocycles. The van der Waals surface area contributed by atoms with Crippen LogP contribution < -0.4 is 10.6 Å². The lowest BCUT2D eigenvalue weighted by molar-refractivity contribution is 0.582. The summed E-state index contributed by atoms with van der Waals surface area (Å²) in [6.45, 7) is 5.14. The van der Waals surface area contributed by atoms with Gasteiger partial charge < -0.3 is 10.6 Å². The molecule has 0 fully saturated rings. The Bertz CT molecular complexity index is 322. The van der Waals surface area contributed by atoms with Crippen LogP contribution in [0.1, 0.15) is 13.8 Å². The molecular weight excluding hydrogens is 186 g/mol. The van der Waals surface area contributed by atoms with E-state index in [-0.39, 0.29) is 5.69 Å². The minimum absolute atomic E-state index is 0.0201. The van der Waals surface area contributed by atoms with Crippen molar-refractivity contribution in [3.05, 3.63) is 23.8 Å². The van der Waals surface area contributed by atoms with Crippen molar-refractivity contribution < 1.29 is 8.78 Å². The van der Waals surface area contributed by atoms with E-state index in [1.54, 1.807) is 4.90 Å². The Labute approximate surface area is 82.3 Å². The lowest BCUT2D eigenvalue weighted by Gasteiger charge is -2.21. The van der Waals surface area contributed by atoms with Crippen LogP contribution in [0.3, 0.4) is 0 Å². The summed E-state index contributed by atoms with van der Waals surface area (Å²) in [6, 6.07) is 2.15. The van der Waals surface area contributed by atoms with E-state index in [4.69, 9.17) is 5.73 Å². The van der Waals surface area contributed by atoms with Crippen LogP contribution in [0.2, 0.25) is 0 Å². The molecule has 0 aromatic heterocycles. The summed E-state index contributed by atoms with van der Waals surface area (Å²) in [5, 5.41) is 0. The molecule has 0 aliphatic rings. The van der Waals surface area contributed by atoms with Crippen molar-refractivity contribution in [2.24, 2.45) is 0 Å². The highest BCUT2D eigenvalue weighted by Gasteiger charge is 2.11. The van der Waals surface area contributed by atoms with Crippen LogP contribution in [0.4, 0.5) is 20.2 Å². The molecule has 0 aliphatic carbocycles. The average molecular weight is 200 g/mol. The Balaban J connectivity index is 3.14. The summed E-state index contributed by atoms with van der Waals surface area (Å²) in [5.74, 6) is -1.28. The zero-order valence-electron chi connectivity index (χ0n) is 8.35. The molecule has 14 heavy (non-hydrogen) atoms. The first kappa shape index (κ1) is 10.8. The highest BCUT2D eigenvalue weighted by atomic mass is 19.1. The van der Waals surface area contributed by atoms with Crippen molar-refractivity contribution in [1.29, 1.82) is 0 Å². The monoisotopic (exact) mass is 200 g/mol. The highest BCUT2D eigenvalue weighted by Crippen LogP contribution is 2.24. The molecule has 0 radical (unpaired) electrons. The van der Waals surface area contributed by atoms with Crippen molar-refractivity contribution >= 4 is 11.4 Å². The molecule has 1 aromatic rings. The van der Waals surface area contributed by atoms with Gasteiger partial charge in [0.2, 0.25) is 0 Å². The fourth-order valence-corrected chi connectivity index (χ4v) is 1.36. The zero-order valence-corrected chi connectivity index (χ0v) is 8.35. The second-order valence-corrected chi connectivity index (χ2v) is 3.00. The van der Waals surface area contributed by atoms with Gasteiger partial charge in [-0.1, -0.05) is 0 Å². The topological polar surface area (TPSA) is 29.3 Å². The van der Waals surface area contributed by atoms with Gasteiger partial charge in [0.25, 0.3) is 0 Å². The Hall–Kier alpha value is -1.32. The molecule has 0 heterocycles. The number of rotatable bonds is 3. The normalized spacial score (nSPS) is 10.3. The lowest BCUT2D eigenvalue weighted by atomic mass is 10.2. The average Bonchev–Trinajstić information content (AvgIpc) is 2.15. The van der Waals surface area contributed by atoms with Gasteiger partial charge in [-0.2, -0.15) is 0 Å². The SMILES string of the molecule is CCN(CC)c1cc(N)c(F)cc1F. The summed E-state index contributed by atoms with van der Waals surface area (Å²) in [5.41, 5.74) is 5.70. The first-order valence-corrected chi connectivity index (χ1v) is 4.59. The first-order valence-electron chi connectivity index (χ1n) is 4.59. The maximum atomic E-state index is 13.3. The fraction of sp³-hybridized carbons (Fsp3) is 0.400. The zero-order chi connectivity index (χ0) is 10.7. The van der Waals surface area contributed by atoms with Gasteiger partial charge in [-0.05, 0) is 19.9 Å². The maximum absolute atomic E-state index is 13.3. The summed E-state index contributed by atoms with van der Waals surface area (Å²) >= 11 is 0. The molecule has 1 rings (SSSR count). The Morgan fingerprint density at radius 2 is 1.71 bits per heavy atom. The number of nitrogens with two attached hydrogens (primary N) is 1. The van der Waals surface area contributed by atoms with E-state index in [2.05, 4.69) is 0 Å². The van der Waals surface area contributed by atoms with E-state index in [1.807, 2.05) is 13.8 Å². The number of hydrogen-bond donors (Lipinski definition) is 1. The molecule has 78 valence electrons. The van der Waals surface area contributed by atoms with E-state index in [0.29, 0.717) is 18.8 Å². The van der Waals surface area contributed by atoms with Crippen molar-refractivity contribution in [2.45, 2.75) is 13.8 Å². The number of anilines is 2. The first-order chi connectivity index (χ1) is 6.60. The predicted octanol–water partition coefficient (Wildman–Crippen LogP) is 2.39. The van der Waals surface area contributed by atoms with E-state index in [1.165, 1.54) is 6.07 Å². The molecule has 0 aliphatic heterocycles. The second-order valence-electron chi connectivity index (χ2n) is 3.00. The minimum Gasteiger partial charge on any atom is -0.396 e. The summed E-state index contributed by atoms with van der Waals surface area (Å²) in [7, 11) is 0. The molecule has 4 heteroatoms. The third-order valence-electron chi connectivity index (χ3n) is 2.17. The van der Waals surface area contributed by atoms with Gasteiger partial charge in [0.05, 0.1) is 11.4 Å². The Morgan fingerprint density at radius 1 is 1.14 bits per heavy atom. The van der Waals surface area contributed by atoms with Crippen molar-refractivity contribution in [2.75, 3.05) is 23.7 Å². The fourth-order valence-electron chi connectivity index (χ4n) is 1.36. The number of hydrogen-bond acceptors (Lipinski definition) is 2. The van der Waals surface area contributed by atoms with Crippen LogP contribution in [0.5, 0.6) is 0 Å². The summed E-state index contributed by atoms with van der Waals surface area (Å²) in [6.07, 6.45) is 0.